The van der Waals surface area contributed by atoms with Gasteiger partial charge in [0.1, 0.15) is 0 Å². The summed E-state index contributed by atoms with van der Waals surface area (Å²) in [4.78, 5) is 12.3. The van der Waals surface area contributed by atoms with Gasteiger partial charge in [-0.05, 0) is 17.9 Å². The number of nitrogens with two attached hydrogens (primary N) is 1. The van der Waals surface area contributed by atoms with Gasteiger partial charge in [0, 0.05) is 6.54 Å². The summed E-state index contributed by atoms with van der Waals surface area (Å²) in [6, 6.07) is 10.1. The fraction of sp³-hybridized carbons (Fsp3) is 0.467. The first-order valence-electron chi connectivity index (χ1n) is 6.68. The number of rotatable bonds is 7. The van der Waals surface area contributed by atoms with E-state index in [9.17, 15) is 4.79 Å². The molecule has 1 rings (SSSR count). The Labute approximate surface area is 120 Å². The topological polar surface area (TPSA) is 55.1 Å². The van der Waals surface area contributed by atoms with E-state index in [1.165, 1.54) is 5.56 Å². The zero-order valence-electron chi connectivity index (χ0n) is 11.6. The van der Waals surface area contributed by atoms with Crippen LogP contribution in [0.25, 0.3) is 0 Å². The number of amides is 1. The van der Waals surface area contributed by atoms with Crippen molar-refractivity contribution in [1.29, 1.82) is 0 Å². The van der Waals surface area contributed by atoms with Gasteiger partial charge in [-0.1, -0.05) is 62.8 Å². The predicted octanol–water partition coefficient (Wildman–Crippen LogP) is 2.61. The van der Waals surface area contributed by atoms with E-state index in [0.717, 1.165) is 6.42 Å². The van der Waals surface area contributed by atoms with Crippen molar-refractivity contribution in [3.63, 3.8) is 0 Å². The quantitative estimate of drug-likeness (QED) is 0.754. The van der Waals surface area contributed by atoms with Gasteiger partial charge >= 0.3 is 0 Å². The van der Waals surface area contributed by atoms with Crippen LogP contribution < -0.4 is 11.1 Å². The Morgan fingerprint density at radius 3 is 2.53 bits per heavy atom. The number of hydrogen-bond acceptors (Lipinski definition) is 2. The smallest absolute Gasteiger partial charge is 0.229 e. The van der Waals surface area contributed by atoms with E-state index in [1.807, 2.05) is 25.1 Å². The molecular weight excluding hydrogens is 256 g/mol. The first-order chi connectivity index (χ1) is 9.06. The monoisotopic (exact) mass is 278 g/mol. The maximum absolute atomic E-state index is 12.0. The molecule has 0 fully saturated rings. The Bertz CT molecular complexity index is 419. The van der Waals surface area contributed by atoms with Gasteiger partial charge in [-0.25, -0.2) is 0 Å². The molecule has 0 aliphatic carbocycles. The molecule has 1 aromatic rings. The summed E-state index contributed by atoms with van der Waals surface area (Å²) in [5.41, 5.74) is 6.82. The first kappa shape index (κ1) is 15.6. The van der Waals surface area contributed by atoms with Crippen LogP contribution in [-0.4, -0.2) is 17.4 Å². The molecule has 1 aromatic carbocycles. The van der Waals surface area contributed by atoms with Crippen molar-refractivity contribution in [3.8, 4) is 0 Å². The molecule has 0 radical (unpaired) electrons. The number of hydrogen-bond donors (Lipinski definition) is 2. The third-order valence-electron chi connectivity index (χ3n) is 3.19. The summed E-state index contributed by atoms with van der Waals surface area (Å²) in [7, 11) is 0. The molecule has 3 nitrogen and oxygen atoms in total. The van der Waals surface area contributed by atoms with Gasteiger partial charge in [0.15, 0.2) is 0 Å². The van der Waals surface area contributed by atoms with Crippen LogP contribution in [0.2, 0.25) is 0 Å². The van der Waals surface area contributed by atoms with Gasteiger partial charge in [-0.2, -0.15) is 0 Å². The van der Waals surface area contributed by atoms with E-state index in [0.29, 0.717) is 13.0 Å². The highest BCUT2D eigenvalue weighted by Crippen LogP contribution is 2.14. The van der Waals surface area contributed by atoms with Crippen LogP contribution in [0.4, 0.5) is 0 Å². The van der Waals surface area contributed by atoms with Crippen LogP contribution >= 0.6 is 12.2 Å². The number of carbonyl (C=O) groups excluding carboxylic acids is 1. The molecule has 0 saturated heterocycles. The lowest BCUT2D eigenvalue weighted by Crippen LogP contribution is -2.39. The van der Waals surface area contributed by atoms with Crippen molar-refractivity contribution in [2.45, 2.75) is 32.6 Å². The Hall–Kier alpha value is -1.42. The summed E-state index contributed by atoms with van der Waals surface area (Å²) in [6.45, 7) is 4.71. The lowest BCUT2D eigenvalue weighted by atomic mass is 9.99. The van der Waals surface area contributed by atoms with E-state index < -0.39 is 0 Å². The summed E-state index contributed by atoms with van der Waals surface area (Å²) in [5.74, 6) is -0.126. The van der Waals surface area contributed by atoms with E-state index in [2.05, 4.69) is 24.4 Å². The van der Waals surface area contributed by atoms with Crippen molar-refractivity contribution in [2.24, 2.45) is 11.7 Å². The van der Waals surface area contributed by atoms with E-state index in [1.54, 1.807) is 0 Å². The molecule has 104 valence electrons. The fourth-order valence-electron chi connectivity index (χ4n) is 1.97. The Balaban J connectivity index is 2.51. The number of thiocarbonyl (C=S) groups is 1. The average Bonchev–Trinajstić information content (AvgIpc) is 2.42. The SMILES string of the molecule is CCCC(C(=O)NCC(C)c1ccccc1)C(N)=S. The lowest BCUT2D eigenvalue weighted by molar-refractivity contribution is -0.123. The average molecular weight is 278 g/mol. The Morgan fingerprint density at radius 2 is 2.00 bits per heavy atom. The van der Waals surface area contributed by atoms with E-state index >= 15 is 0 Å². The second-order valence-electron chi connectivity index (χ2n) is 4.80. The molecule has 2 atom stereocenters. The largest absolute Gasteiger partial charge is 0.393 e. The second-order valence-corrected chi connectivity index (χ2v) is 5.27. The van der Waals surface area contributed by atoms with E-state index in [-0.39, 0.29) is 22.7 Å². The third-order valence-corrected chi connectivity index (χ3v) is 3.47. The molecular formula is C15H22N2OS. The van der Waals surface area contributed by atoms with Crippen molar-refractivity contribution >= 4 is 23.1 Å². The van der Waals surface area contributed by atoms with Crippen LogP contribution in [0.5, 0.6) is 0 Å². The third kappa shape index (κ3) is 4.99. The minimum atomic E-state index is -0.344. The van der Waals surface area contributed by atoms with Crippen molar-refractivity contribution in [1.82, 2.24) is 5.32 Å². The molecule has 0 heterocycles. The van der Waals surface area contributed by atoms with Crippen molar-refractivity contribution in [2.75, 3.05) is 6.54 Å². The Morgan fingerprint density at radius 1 is 1.37 bits per heavy atom. The molecule has 0 aromatic heterocycles. The molecule has 3 N–H and O–H groups in total. The van der Waals surface area contributed by atoms with Gasteiger partial charge in [0.25, 0.3) is 0 Å². The van der Waals surface area contributed by atoms with Crippen molar-refractivity contribution < 1.29 is 4.79 Å². The summed E-state index contributed by atoms with van der Waals surface area (Å²) < 4.78 is 0. The van der Waals surface area contributed by atoms with Gasteiger partial charge < -0.3 is 11.1 Å². The second kappa shape index (κ2) is 7.89. The molecule has 0 spiro atoms. The van der Waals surface area contributed by atoms with Crippen molar-refractivity contribution in [3.05, 3.63) is 35.9 Å². The highest BCUT2D eigenvalue weighted by atomic mass is 32.1. The maximum Gasteiger partial charge on any atom is 0.229 e. The highest BCUT2D eigenvalue weighted by Gasteiger charge is 2.20. The van der Waals surface area contributed by atoms with Gasteiger partial charge in [-0.15, -0.1) is 0 Å². The zero-order valence-corrected chi connectivity index (χ0v) is 12.4. The molecule has 0 saturated carbocycles. The van der Waals surface area contributed by atoms with Gasteiger partial charge in [0.2, 0.25) is 5.91 Å². The first-order valence-corrected chi connectivity index (χ1v) is 7.09. The standard InChI is InChI=1S/C15H22N2OS/c1-3-7-13(14(16)19)15(18)17-10-11(2)12-8-5-4-6-9-12/h4-6,8-9,11,13H,3,7,10H2,1-2H3,(H2,16,19)(H,17,18). The van der Waals surface area contributed by atoms with Crippen LogP contribution in [0, 0.1) is 5.92 Å². The number of nitrogens with one attached hydrogen (secondary N) is 1. The molecule has 0 bridgehead atoms. The predicted molar refractivity (Wildman–Crippen MR) is 83.1 cm³/mol. The fourth-order valence-corrected chi connectivity index (χ4v) is 2.19. The van der Waals surface area contributed by atoms with Crippen LogP contribution in [0.1, 0.15) is 38.2 Å². The zero-order chi connectivity index (χ0) is 14.3. The highest BCUT2D eigenvalue weighted by molar-refractivity contribution is 7.80. The summed E-state index contributed by atoms with van der Waals surface area (Å²) in [6.07, 6.45) is 1.60. The number of carbonyl (C=O) groups is 1. The van der Waals surface area contributed by atoms with Crippen LogP contribution in [-0.2, 0) is 4.79 Å². The molecule has 2 unspecified atom stereocenters. The van der Waals surface area contributed by atoms with Crippen LogP contribution in [0.3, 0.4) is 0 Å². The maximum atomic E-state index is 12.0. The normalized spacial score (nSPS) is 13.6. The minimum Gasteiger partial charge on any atom is -0.393 e. The number of benzene rings is 1. The summed E-state index contributed by atoms with van der Waals surface area (Å²) >= 11 is 4.95. The Kier molecular flexibility index (Phi) is 6.50. The lowest BCUT2D eigenvalue weighted by Gasteiger charge is -2.17. The molecule has 19 heavy (non-hydrogen) atoms. The summed E-state index contributed by atoms with van der Waals surface area (Å²) in [5, 5.41) is 2.94. The molecule has 0 aliphatic heterocycles. The molecule has 1 amide bonds. The minimum absolute atomic E-state index is 0.0582. The molecule has 4 heteroatoms. The van der Waals surface area contributed by atoms with Gasteiger partial charge in [-0.3, -0.25) is 4.79 Å². The molecule has 0 aliphatic rings. The van der Waals surface area contributed by atoms with E-state index in [4.69, 9.17) is 18.0 Å². The van der Waals surface area contributed by atoms with Gasteiger partial charge in [0.05, 0.1) is 10.9 Å². The van der Waals surface area contributed by atoms with Crippen LogP contribution in [0.15, 0.2) is 30.3 Å².